The van der Waals surface area contributed by atoms with Crippen molar-refractivity contribution in [2.45, 2.75) is 6.92 Å². The molecule has 0 saturated heterocycles. The second kappa shape index (κ2) is 4.40. The number of hydrogen-bond acceptors (Lipinski definition) is 4. The largest absolute Gasteiger partial charge is 0.383 e. The van der Waals surface area contributed by atoms with E-state index in [0.29, 0.717) is 5.69 Å². The number of nitrogen functional groups attached to an aromatic ring is 1. The van der Waals surface area contributed by atoms with Crippen LogP contribution in [0, 0.1) is 6.92 Å². The van der Waals surface area contributed by atoms with Crippen LogP contribution in [0.25, 0.3) is 5.69 Å². The molecule has 0 aliphatic heterocycles. The third kappa shape index (κ3) is 1.88. The average Bonchev–Trinajstić information content (AvgIpc) is 2.31. The van der Waals surface area contributed by atoms with Crippen molar-refractivity contribution in [1.82, 2.24) is 9.55 Å². The van der Waals surface area contributed by atoms with Gasteiger partial charge in [0.05, 0.1) is 5.69 Å². The normalized spacial score (nSPS) is 10.3. The fraction of sp³-hybridized carbons (Fsp3) is 0.167. The first-order valence-electron chi connectivity index (χ1n) is 5.44. The lowest BCUT2D eigenvalue weighted by molar-refractivity contribution is 0.910. The molecular formula is C12H14N4O2. The summed E-state index contributed by atoms with van der Waals surface area (Å²) in [7, 11) is 1.57. The Balaban J connectivity index is 2.75. The van der Waals surface area contributed by atoms with Crippen molar-refractivity contribution in [3.05, 3.63) is 50.7 Å². The van der Waals surface area contributed by atoms with Crippen molar-refractivity contribution in [2.75, 3.05) is 18.1 Å². The molecule has 1 heterocycles. The van der Waals surface area contributed by atoms with E-state index in [-0.39, 0.29) is 11.5 Å². The molecule has 18 heavy (non-hydrogen) atoms. The van der Waals surface area contributed by atoms with Crippen LogP contribution in [-0.2, 0) is 0 Å². The number of aromatic nitrogens is 2. The first-order chi connectivity index (χ1) is 8.54. The third-order valence-corrected chi connectivity index (χ3v) is 2.69. The molecule has 4 N–H and O–H groups in total. The Kier molecular flexibility index (Phi) is 2.93. The smallest absolute Gasteiger partial charge is 0.334 e. The number of rotatable bonds is 2. The first kappa shape index (κ1) is 12.0. The van der Waals surface area contributed by atoms with Crippen LogP contribution < -0.4 is 22.3 Å². The number of nitrogens with two attached hydrogens (primary N) is 1. The zero-order chi connectivity index (χ0) is 13.3. The van der Waals surface area contributed by atoms with E-state index in [2.05, 4.69) is 10.3 Å². The molecule has 6 nitrogen and oxygen atoms in total. The van der Waals surface area contributed by atoms with Crippen LogP contribution in [0.2, 0.25) is 0 Å². The minimum atomic E-state index is -0.555. The van der Waals surface area contributed by atoms with Gasteiger partial charge in [-0.3, -0.25) is 9.78 Å². The molecule has 0 radical (unpaired) electrons. The Hall–Kier alpha value is -2.50. The van der Waals surface area contributed by atoms with Crippen molar-refractivity contribution in [3.63, 3.8) is 0 Å². The molecule has 6 heteroatoms. The fourth-order valence-electron chi connectivity index (χ4n) is 1.74. The maximum absolute atomic E-state index is 11.8. The molecule has 0 atom stereocenters. The third-order valence-electron chi connectivity index (χ3n) is 2.69. The van der Waals surface area contributed by atoms with Crippen molar-refractivity contribution < 1.29 is 0 Å². The summed E-state index contributed by atoms with van der Waals surface area (Å²) in [5, 5.41) is 2.68. The quantitative estimate of drug-likeness (QED) is 0.717. The van der Waals surface area contributed by atoms with Gasteiger partial charge in [-0.2, -0.15) is 0 Å². The molecule has 1 aromatic heterocycles. The van der Waals surface area contributed by atoms with E-state index in [1.165, 1.54) is 4.57 Å². The zero-order valence-corrected chi connectivity index (χ0v) is 10.2. The lowest BCUT2D eigenvalue weighted by Gasteiger charge is -2.12. The average molecular weight is 246 g/mol. The zero-order valence-electron chi connectivity index (χ0n) is 10.2. The number of anilines is 2. The lowest BCUT2D eigenvalue weighted by atomic mass is 10.2. The maximum atomic E-state index is 11.8. The highest BCUT2D eigenvalue weighted by molar-refractivity contribution is 5.62. The van der Waals surface area contributed by atoms with Crippen molar-refractivity contribution in [3.8, 4) is 5.69 Å². The first-order valence-corrected chi connectivity index (χ1v) is 5.44. The topological polar surface area (TPSA) is 92.9 Å². The van der Waals surface area contributed by atoms with Gasteiger partial charge in [0.2, 0.25) is 0 Å². The Labute approximate surface area is 103 Å². The SMILES string of the molecule is CNc1c(N)n(-c2ccc(C)cc2)c(=O)[nH]c1=O. The van der Waals surface area contributed by atoms with Gasteiger partial charge in [-0.15, -0.1) is 0 Å². The minimum Gasteiger partial charge on any atom is -0.383 e. The molecule has 0 spiro atoms. The summed E-state index contributed by atoms with van der Waals surface area (Å²) >= 11 is 0. The second-order valence-electron chi connectivity index (χ2n) is 3.94. The molecule has 0 aliphatic rings. The number of nitrogens with one attached hydrogen (secondary N) is 2. The highest BCUT2D eigenvalue weighted by Gasteiger charge is 2.11. The number of nitrogens with zero attached hydrogens (tertiary/aromatic N) is 1. The molecule has 2 rings (SSSR count). The summed E-state index contributed by atoms with van der Waals surface area (Å²) in [5.74, 6) is 0.0927. The van der Waals surface area contributed by atoms with Gasteiger partial charge >= 0.3 is 5.69 Å². The van der Waals surface area contributed by atoms with E-state index >= 15 is 0 Å². The number of aryl methyl sites for hydroxylation is 1. The molecule has 0 unspecified atom stereocenters. The van der Waals surface area contributed by atoms with Gasteiger partial charge in [0.1, 0.15) is 11.5 Å². The van der Waals surface area contributed by atoms with E-state index in [1.807, 2.05) is 19.1 Å². The summed E-state index contributed by atoms with van der Waals surface area (Å²) < 4.78 is 1.26. The van der Waals surface area contributed by atoms with E-state index in [1.54, 1.807) is 19.2 Å². The molecular weight excluding hydrogens is 232 g/mol. The molecule has 2 aromatic rings. The van der Waals surface area contributed by atoms with Crippen LogP contribution in [0.15, 0.2) is 33.9 Å². The molecule has 0 saturated carbocycles. The van der Waals surface area contributed by atoms with Gasteiger partial charge in [-0.05, 0) is 19.1 Å². The van der Waals surface area contributed by atoms with Crippen LogP contribution in [0.3, 0.4) is 0 Å². The van der Waals surface area contributed by atoms with Gasteiger partial charge in [0.15, 0.2) is 0 Å². The summed E-state index contributed by atoms with van der Waals surface area (Å²) in [6.45, 7) is 1.95. The van der Waals surface area contributed by atoms with E-state index in [0.717, 1.165) is 5.56 Å². The van der Waals surface area contributed by atoms with Crippen LogP contribution in [0.4, 0.5) is 11.5 Å². The van der Waals surface area contributed by atoms with Crippen LogP contribution >= 0.6 is 0 Å². The summed E-state index contributed by atoms with van der Waals surface area (Å²) in [6.07, 6.45) is 0. The fourth-order valence-corrected chi connectivity index (χ4v) is 1.74. The number of hydrogen-bond donors (Lipinski definition) is 3. The predicted molar refractivity (Wildman–Crippen MR) is 71.4 cm³/mol. The molecule has 0 bridgehead atoms. The number of aromatic amines is 1. The molecule has 94 valence electrons. The number of H-pyrrole nitrogens is 1. The Bertz CT molecular complexity index is 683. The van der Waals surface area contributed by atoms with Gasteiger partial charge in [0, 0.05) is 7.05 Å². The van der Waals surface area contributed by atoms with Crippen molar-refractivity contribution in [2.24, 2.45) is 0 Å². The summed E-state index contributed by atoms with van der Waals surface area (Å²) in [5.41, 5.74) is 6.62. The van der Waals surface area contributed by atoms with Crippen molar-refractivity contribution in [1.29, 1.82) is 0 Å². The number of benzene rings is 1. The monoisotopic (exact) mass is 246 g/mol. The van der Waals surface area contributed by atoms with Gasteiger partial charge in [-0.25, -0.2) is 9.36 Å². The minimum absolute atomic E-state index is 0.0927. The van der Waals surface area contributed by atoms with Crippen LogP contribution in [0.1, 0.15) is 5.56 Å². The summed E-state index contributed by atoms with van der Waals surface area (Å²) in [4.78, 5) is 25.6. The molecule has 0 fully saturated rings. The van der Waals surface area contributed by atoms with Crippen LogP contribution in [0.5, 0.6) is 0 Å². The highest BCUT2D eigenvalue weighted by Crippen LogP contribution is 2.15. The highest BCUT2D eigenvalue weighted by atomic mass is 16.2. The molecule has 0 amide bonds. The van der Waals surface area contributed by atoms with E-state index in [4.69, 9.17) is 5.73 Å². The maximum Gasteiger partial charge on any atom is 0.334 e. The lowest BCUT2D eigenvalue weighted by Crippen LogP contribution is -2.32. The van der Waals surface area contributed by atoms with Gasteiger partial charge in [-0.1, -0.05) is 17.7 Å². The Morgan fingerprint density at radius 1 is 1.22 bits per heavy atom. The van der Waals surface area contributed by atoms with Crippen LogP contribution in [-0.4, -0.2) is 16.6 Å². The Morgan fingerprint density at radius 3 is 2.39 bits per heavy atom. The molecule has 0 aliphatic carbocycles. The van der Waals surface area contributed by atoms with Gasteiger partial charge in [0.25, 0.3) is 5.56 Å². The van der Waals surface area contributed by atoms with Crippen molar-refractivity contribution >= 4 is 11.5 Å². The molecule has 1 aromatic carbocycles. The standard InChI is InChI=1S/C12H14N4O2/c1-7-3-5-8(6-4-7)16-10(13)9(14-2)11(17)15-12(16)18/h3-6,14H,13H2,1-2H3,(H,15,17,18). The van der Waals surface area contributed by atoms with E-state index in [9.17, 15) is 9.59 Å². The second-order valence-corrected chi connectivity index (χ2v) is 3.94. The van der Waals surface area contributed by atoms with E-state index < -0.39 is 11.2 Å². The summed E-state index contributed by atoms with van der Waals surface area (Å²) in [6, 6.07) is 7.27. The Morgan fingerprint density at radius 2 is 1.83 bits per heavy atom. The van der Waals surface area contributed by atoms with Gasteiger partial charge < -0.3 is 11.1 Å². The predicted octanol–water partition coefficient (Wildman–Crippen LogP) is 0.458.